The molecule has 0 bridgehead atoms. The number of primary amides is 2. The van der Waals surface area contributed by atoms with Gasteiger partial charge in [0.15, 0.2) is 0 Å². The van der Waals surface area contributed by atoms with Gasteiger partial charge >= 0.3 is 11.9 Å². The Kier molecular flexibility index (Phi) is 45.3. The lowest BCUT2D eigenvalue weighted by Crippen LogP contribution is -2.12. The number of aromatic hydroxyl groups is 1. The number of carbonyl (C=O) groups excluding carboxylic acids is 2. The molecule has 0 aliphatic carbocycles. The molecule has 0 aliphatic heterocycles. The molecule has 0 atom stereocenters. The number of hydrogen-bond donors (Lipinski definition) is 6. The van der Waals surface area contributed by atoms with Gasteiger partial charge in [-0.3, -0.25) is 19.2 Å². The second-order valence-electron chi connectivity index (χ2n) is 16.7. The first-order chi connectivity index (χ1) is 25.7. The van der Waals surface area contributed by atoms with E-state index in [-0.39, 0.29) is 24.2 Å². The zero-order valence-electron chi connectivity index (χ0n) is 37.7. The number of carboxylic acids is 2. The van der Waals surface area contributed by atoms with Gasteiger partial charge in [0, 0.05) is 25.7 Å². The van der Waals surface area contributed by atoms with Crippen LogP contribution in [0.15, 0.2) is 54.6 Å². The van der Waals surface area contributed by atoms with E-state index in [9.17, 15) is 19.2 Å². The van der Waals surface area contributed by atoms with E-state index in [1.54, 1.807) is 12.1 Å². The summed E-state index contributed by atoms with van der Waals surface area (Å²) < 4.78 is 0. The van der Waals surface area contributed by atoms with E-state index in [0.29, 0.717) is 48.7 Å². The Morgan fingerprint density at radius 2 is 0.875 bits per heavy atom. The standard InChI is InChI=1S/C10H14O.C10H14.C6H13NO.C6H12O2.C5H11NO.C5H10O2.C4H10S/c1-8(2)7-9-3-5-10(11)6-4-9;1-9(2)8-10-6-4-3-5-7-10;2*1-5(2)3-4-6(7)8;2*1-4(2)3-5(6)7;1-4(2)3-5/h3-6,8,11H,7H2,1-2H3;3-7,9H,8H2,1-2H3;5H,3-4H2,1-2H3,(H2,7,8);5H,3-4H2,1-2H3,(H,7,8);4H,3H2,1-2H3,(H2,6,7);4H,3H2,1-2H3,(H,6,7);4-5H,3H2,1-2H3. The van der Waals surface area contributed by atoms with Crippen LogP contribution in [0.4, 0.5) is 0 Å². The van der Waals surface area contributed by atoms with E-state index in [1.165, 1.54) is 17.5 Å². The van der Waals surface area contributed by atoms with Gasteiger partial charge in [-0.1, -0.05) is 139 Å². The summed E-state index contributed by atoms with van der Waals surface area (Å²) in [7, 11) is 0. The fourth-order valence-corrected chi connectivity index (χ4v) is 3.78. The molecule has 56 heavy (non-hydrogen) atoms. The van der Waals surface area contributed by atoms with Crippen LogP contribution < -0.4 is 11.5 Å². The predicted molar refractivity (Wildman–Crippen MR) is 241 cm³/mol. The van der Waals surface area contributed by atoms with Crippen molar-refractivity contribution in [2.45, 2.75) is 148 Å². The van der Waals surface area contributed by atoms with Gasteiger partial charge in [-0.15, -0.1) is 0 Å². The highest BCUT2D eigenvalue weighted by molar-refractivity contribution is 7.80. The molecule has 0 heterocycles. The van der Waals surface area contributed by atoms with Crippen LogP contribution in [-0.2, 0) is 32.0 Å². The fraction of sp³-hybridized carbons (Fsp3) is 0.652. The number of hydrogen-bond acceptors (Lipinski definition) is 6. The van der Waals surface area contributed by atoms with Gasteiger partial charge in [0.2, 0.25) is 11.8 Å². The van der Waals surface area contributed by atoms with Gasteiger partial charge in [-0.2, -0.15) is 12.6 Å². The summed E-state index contributed by atoms with van der Waals surface area (Å²) in [4.78, 5) is 39.9. The van der Waals surface area contributed by atoms with Gasteiger partial charge in [0.1, 0.15) is 5.75 Å². The molecule has 0 fully saturated rings. The second-order valence-corrected chi connectivity index (χ2v) is 17.1. The normalized spacial score (nSPS) is 9.96. The highest BCUT2D eigenvalue weighted by Gasteiger charge is 2.00. The lowest BCUT2D eigenvalue weighted by molar-refractivity contribution is -0.138. The third-order valence-electron chi connectivity index (χ3n) is 6.53. The quantitative estimate of drug-likeness (QED) is 0.0968. The highest BCUT2D eigenvalue weighted by Crippen LogP contribution is 2.13. The topological polar surface area (TPSA) is 181 Å². The van der Waals surface area contributed by atoms with E-state index in [2.05, 4.69) is 98.4 Å². The molecule has 7 N–H and O–H groups in total. The molecule has 0 saturated heterocycles. The number of amides is 2. The largest absolute Gasteiger partial charge is 0.508 e. The molecule has 2 aromatic rings. The molecule has 2 amide bonds. The monoisotopic (exact) mass is 809 g/mol. The minimum absolute atomic E-state index is 0.196. The molecule has 0 aromatic heterocycles. The lowest BCUT2D eigenvalue weighted by Gasteiger charge is -2.03. The van der Waals surface area contributed by atoms with Crippen molar-refractivity contribution in [3.63, 3.8) is 0 Å². The van der Waals surface area contributed by atoms with Crippen molar-refractivity contribution < 1.29 is 34.5 Å². The number of carbonyl (C=O) groups is 4. The van der Waals surface area contributed by atoms with E-state index in [1.807, 2.05) is 53.7 Å². The average Bonchev–Trinajstić information content (AvgIpc) is 3.04. The third-order valence-corrected chi connectivity index (χ3v) is 7.26. The molecule has 2 rings (SSSR count). The molecule has 326 valence electrons. The number of benzene rings is 2. The SMILES string of the molecule is CC(C)CC(=O)O.CC(C)CC(N)=O.CC(C)CCC(=O)O.CC(C)CCC(N)=O.CC(C)CS.CC(C)Cc1ccc(O)cc1.CC(C)Cc1ccccc1. The number of carboxylic acid groups (broad SMARTS) is 2. The first kappa shape index (κ1) is 61.7. The first-order valence-electron chi connectivity index (χ1n) is 20.2. The van der Waals surface area contributed by atoms with Crippen molar-refractivity contribution in [2.75, 3.05) is 5.75 Å². The smallest absolute Gasteiger partial charge is 0.303 e. The molecule has 10 heteroatoms. The molecule has 0 spiro atoms. The van der Waals surface area contributed by atoms with Crippen molar-refractivity contribution in [1.82, 2.24) is 0 Å². The van der Waals surface area contributed by atoms with E-state index < -0.39 is 11.9 Å². The zero-order valence-corrected chi connectivity index (χ0v) is 38.6. The van der Waals surface area contributed by atoms with Gasteiger partial charge in [0.05, 0.1) is 0 Å². The van der Waals surface area contributed by atoms with E-state index in [0.717, 1.165) is 36.9 Å². The molecule has 0 saturated carbocycles. The predicted octanol–water partition coefficient (Wildman–Crippen LogP) is 11.1. The van der Waals surface area contributed by atoms with Crippen molar-refractivity contribution in [2.24, 2.45) is 52.9 Å². The molecular weight excluding hydrogens is 725 g/mol. The maximum absolute atomic E-state index is 10.1. The van der Waals surface area contributed by atoms with Crippen LogP contribution in [0, 0.1) is 41.4 Å². The minimum atomic E-state index is -0.713. The maximum Gasteiger partial charge on any atom is 0.303 e. The van der Waals surface area contributed by atoms with Crippen LogP contribution in [0.1, 0.15) is 147 Å². The van der Waals surface area contributed by atoms with Crippen molar-refractivity contribution in [1.29, 1.82) is 0 Å². The molecular formula is C46H84N2O7S. The maximum atomic E-state index is 10.1. The Balaban J connectivity index is -0.000000183. The molecule has 2 aromatic carbocycles. The number of nitrogens with two attached hydrogens (primary N) is 2. The Morgan fingerprint density at radius 3 is 1.07 bits per heavy atom. The Hall–Kier alpha value is -3.53. The third kappa shape index (κ3) is 68.5. The Labute approximate surface area is 348 Å². The van der Waals surface area contributed by atoms with Crippen LogP contribution >= 0.6 is 12.6 Å². The number of aliphatic carboxylic acids is 2. The van der Waals surface area contributed by atoms with E-state index in [4.69, 9.17) is 26.8 Å². The molecule has 0 radical (unpaired) electrons. The summed E-state index contributed by atoms with van der Waals surface area (Å²) in [5.41, 5.74) is 12.5. The Bertz CT molecular complexity index is 1160. The van der Waals surface area contributed by atoms with Crippen LogP contribution in [-0.4, -0.2) is 44.8 Å². The Morgan fingerprint density at radius 1 is 0.500 bits per heavy atom. The van der Waals surface area contributed by atoms with Crippen LogP contribution in [0.2, 0.25) is 0 Å². The van der Waals surface area contributed by atoms with Crippen LogP contribution in [0.25, 0.3) is 0 Å². The summed E-state index contributed by atoms with van der Waals surface area (Å²) in [5.74, 6) is 3.49. The summed E-state index contributed by atoms with van der Waals surface area (Å²) in [6.45, 7) is 29.0. The lowest BCUT2D eigenvalue weighted by atomic mass is 10.0. The number of rotatable bonds is 15. The van der Waals surface area contributed by atoms with Gasteiger partial charge < -0.3 is 26.8 Å². The van der Waals surface area contributed by atoms with Crippen molar-refractivity contribution >= 4 is 36.4 Å². The second kappa shape index (κ2) is 41.1. The van der Waals surface area contributed by atoms with Crippen LogP contribution in [0.5, 0.6) is 5.75 Å². The van der Waals surface area contributed by atoms with Crippen molar-refractivity contribution in [3.05, 3.63) is 65.7 Å². The van der Waals surface area contributed by atoms with Gasteiger partial charge in [-0.05, 0) is 96.1 Å². The van der Waals surface area contributed by atoms with Crippen LogP contribution in [0.3, 0.4) is 0 Å². The first-order valence-corrected chi connectivity index (χ1v) is 20.8. The zero-order chi connectivity index (χ0) is 44.8. The van der Waals surface area contributed by atoms with Gasteiger partial charge in [-0.25, -0.2) is 0 Å². The summed E-state index contributed by atoms with van der Waals surface area (Å²) >= 11 is 4.02. The highest BCUT2D eigenvalue weighted by atomic mass is 32.1. The summed E-state index contributed by atoms with van der Waals surface area (Å²) in [6, 6.07) is 18.0. The number of phenolic OH excluding ortho intramolecular Hbond substituents is 1. The molecule has 0 unspecified atom stereocenters. The van der Waals surface area contributed by atoms with Gasteiger partial charge in [0.25, 0.3) is 0 Å². The number of phenols is 1. The summed E-state index contributed by atoms with van der Waals surface area (Å²) in [6.07, 6.45) is 5.58. The number of thiol groups is 1. The van der Waals surface area contributed by atoms with E-state index >= 15 is 0 Å². The minimum Gasteiger partial charge on any atom is -0.508 e. The molecule has 0 aliphatic rings. The fourth-order valence-electron chi connectivity index (χ4n) is 3.78. The summed E-state index contributed by atoms with van der Waals surface area (Å²) in [5, 5.41) is 25.2. The average molecular weight is 809 g/mol. The van der Waals surface area contributed by atoms with Crippen molar-refractivity contribution in [3.8, 4) is 5.75 Å². The molecule has 9 nitrogen and oxygen atoms in total.